The van der Waals surface area contributed by atoms with Gasteiger partial charge in [0.15, 0.2) is 14.1 Å². The molecular formula is C6H15ClO2SSi. The molecule has 0 heterocycles. The van der Waals surface area contributed by atoms with Gasteiger partial charge in [0.2, 0.25) is 0 Å². The van der Waals surface area contributed by atoms with Crippen molar-refractivity contribution < 1.29 is 9.47 Å². The Morgan fingerprint density at radius 1 is 1.45 bits per heavy atom. The molecule has 0 aliphatic rings. The van der Waals surface area contributed by atoms with E-state index in [1.165, 1.54) is 0 Å². The molecule has 0 aromatic rings. The Balaban J connectivity index is 3.84. The largest absolute Gasteiger partial charge is 0.357 e. The second-order valence-electron chi connectivity index (χ2n) is 2.27. The third-order valence-electron chi connectivity index (χ3n) is 1.68. The van der Waals surface area contributed by atoms with Gasteiger partial charge in [0, 0.05) is 20.1 Å². The zero-order chi connectivity index (χ0) is 8.74. The SMILES string of the molecule is COC(CCCCl)(OC)[SiH2]S. The first-order valence-corrected chi connectivity index (χ1v) is 7.29. The van der Waals surface area contributed by atoms with Crippen LogP contribution in [0.25, 0.3) is 0 Å². The van der Waals surface area contributed by atoms with Gasteiger partial charge in [-0.15, -0.1) is 11.6 Å². The highest BCUT2D eigenvalue weighted by Crippen LogP contribution is 2.18. The molecule has 0 radical (unpaired) electrons. The number of methoxy groups -OCH3 is 2. The first-order valence-electron chi connectivity index (χ1n) is 3.52. The summed E-state index contributed by atoms with van der Waals surface area (Å²) in [4.78, 5) is 0. The van der Waals surface area contributed by atoms with Gasteiger partial charge in [-0.1, -0.05) is 0 Å². The fourth-order valence-electron chi connectivity index (χ4n) is 0.832. The zero-order valence-electron chi connectivity index (χ0n) is 6.97. The number of halogens is 1. The second-order valence-corrected chi connectivity index (χ2v) is 4.99. The van der Waals surface area contributed by atoms with Gasteiger partial charge in [-0.2, -0.15) is 0 Å². The molecule has 11 heavy (non-hydrogen) atoms. The summed E-state index contributed by atoms with van der Waals surface area (Å²) in [6.45, 7) is 0. The normalized spacial score (nSPS) is 13.1. The quantitative estimate of drug-likeness (QED) is 0.308. The number of thiol groups is 1. The van der Waals surface area contributed by atoms with E-state index in [9.17, 15) is 0 Å². The van der Waals surface area contributed by atoms with E-state index in [1.54, 1.807) is 14.2 Å². The second kappa shape index (κ2) is 6.31. The summed E-state index contributed by atoms with van der Waals surface area (Å²) in [6.07, 6.45) is 1.76. The maximum absolute atomic E-state index is 5.56. The van der Waals surface area contributed by atoms with Crippen LogP contribution < -0.4 is 0 Å². The molecule has 0 N–H and O–H groups in total. The minimum atomic E-state index is -0.608. The van der Waals surface area contributed by atoms with E-state index in [2.05, 4.69) is 12.1 Å². The van der Waals surface area contributed by atoms with E-state index >= 15 is 0 Å². The van der Waals surface area contributed by atoms with Crippen molar-refractivity contribution in [3.05, 3.63) is 0 Å². The molecule has 0 aromatic heterocycles. The Hall–Kier alpha value is 0.777. The van der Waals surface area contributed by atoms with Crippen LogP contribution >= 0.6 is 23.7 Å². The third kappa shape index (κ3) is 3.80. The number of alkyl halides is 1. The summed E-state index contributed by atoms with van der Waals surface area (Å²) >= 11 is 9.84. The molecule has 0 saturated heterocycles. The summed E-state index contributed by atoms with van der Waals surface area (Å²) in [5, 5.41) is 0. The van der Waals surface area contributed by atoms with Crippen LogP contribution in [0.4, 0.5) is 0 Å². The van der Waals surface area contributed by atoms with Crippen LogP contribution in [-0.4, -0.2) is 34.2 Å². The molecule has 0 atom stereocenters. The van der Waals surface area contributed by atoms with E-state index in [0.29, 0.717) is 5.88 Å². The summed E-state index contributed by atoms with van der Waals surface area (Å²) < 4.78 is 10.5. The van der Waals surface area contributed by atoms with Crippen molar-refractivity contribution in [1.82, 2.24) is 0 Å². The molecule has 0 amide bonds. The Bertz CT molecular complexity index is 92.3. The van der Waals surface area contributed by atoms with Gasteiger partial charge in [0.05, 0.1) is 0 Å². The Morgan fingerprint density at radius 2 is 2.00 bits per heavy atom. The number of hydrogen-bond acceptors (Lipinski definition) is 3. The van der Waals surface area contributed by atoms with Gasteiger partial charge in [-0.05, 0) is 12.8 Å². The van der Waals surface area contributed by atoms with E-state index in [-0.39, 0.29) is 0 Å². The summed E-state index contributed by atoms with van der Waals surface area (Å²) in [7, 11) is 2.70. The van der Waals surface area contributed by atoms with Gasteiger partial charge >= 0.3 is 0 Å². The highest BCUT2D eigenvalue weighted by Gasteiger charge is 2.26. The average Bonchev–Trinajstić information content (AvgIpc) is 2.08. The van der Waals surface area contributed by atoms with Crippen molar-refractivity contribution in [2.45, 2.75) is 18.3 Å². The van der Waals surface area contributed by atoms with Crippen LogP contribution in [0.3, 0.4) is 0 Å². The molecule has 2 nitrogen and oxygen atoms in total. The predicted octanol–water partition coefficient (Wildman–Crippen LogP) is 0.966. The van der Waals surface area contributed by atoms with Gasteiger partial charge in [-0.3, -0.25) is 0 Å². The van der Waals surface area contributed by atoms with E-state index in [1.807, 2.05) is 0 Å². The van der Waals surface area contributed by atoms with Gasteiger partial charge in [0.1, 0.15) is 0 Å². The van der Waals surface area contributed by atoms with Gasteiger partial charge in [-0.25, -0.2) is 12.1 Å². The minimum Gasteiger partial charge on any atom is -0.357 e. The lowest BCUT2D eigenvalue weighted by molar-refractivity contribution is -0.146. The maximum atomic E-state index is 5.56. The van der Waals surface area contributed by atoms with Crippen molar-refractivity contribution in [3.63, 3.8) is 0 Å². The molecule has 0 aromatic carbocycles. The lowest BCUT2D eigenvalue weighted by atomic mass is 10.3. The number of hydrogen-bond donors (Lipinski definition) is 1. The monoisotopic (exact) mass is 214 g/mol. The first-order chi connectivity index (χ1) is 5.24. The standard InChI is InChI=1S/C6H15ClO2SSi/c1-8-6(9-2,11-10)4-3-5-7/h10H,3-5,11H2,1-2H3. The fraction of sp³-hybridized carbons (Fsp3) is 1.00. The summed E-state index contributed by atoms with van der Waals surface area (Å²) in [5.74, 6) is 0.649. The van der Waals surface area contributed by atoms with E-state index < -0.39 is 14.1 Å². The predicted molar refractivity (Wildman–Crippen MR) is 54.2 cm³/mol. The molecule has 0 bridgehead atoms. The lowest BCUT2D eigenvalue weighted by Crippen LogP contribution is -2.38. The first kappa shape index (κ1) is 11.8. The molecule has 0 saturated carbocycles. The molecule has 0 aliphatic carbocycles. The third-order valence-corrected chi connectivity index (χ3v) is 4.80. The van der Waals surface area contributed by atoms with Crippen LogP contribution in [0.15, 0.2) is 0 Å². The topological polar surface area (TPSA) is 18.5 Å². The molecule has 0 fully saturated rings. The van der Waals surface area contributed by atoms with E-state index in [0.717, 1.165) is 12.8 Å². The average molecular weight is 215 g/mol. The number of rotatable bonds is 6. The van der Waals surface area contributed by atoms with Gasteiger partial charge < -0.3 is 9.47 Å². The Morgan fingerprint density at radius 3 is 2.27 bits per heavy atom. The molecule has 0 spiro atoms. The molecule has 0 rings (SSSR count). The van der Waals surface area contributed by atoms with Crippen molar-refractivity contribution >= 4 is 32.3 Å². The van der Waals surface area contributed by atoms with Crippen molar-refractivity contribution in [1.29, 1.82) is 0 Å². The smallest absolute Gasteiger partial charge is 0.155 e. The fourth-order valence-corrected chi connectivity index (χ4v) is 2.88. The Kier molecular flexibility index (Phi) is 6.76. The van der Waals surface area contributed by atoms with Crippen molar-refractivity contribution in [2.24, 2.45) is 0 Å². The van der Waals surface area contributed by atoms with Crippen LogP contribution in [0.2, 0.25) is 0 Å². The molecule has 0 aliphatic heterocycles. The maximum Gasteiger partial charge on any atom is 0.155 e. The highest BCUT2D eigenvalue weighted by molar-refractivity contribution is 8.07. The van der Waals surface area contributed by atoms with E-state index in [4.69, 9.17) is 21.1 Å². The summed E-state index contributed by atoms with van der Waals surface area (Å²) in [6, 6.07) is 0. The van der Waals surface area contributed by atoms with Gasteiger partial charge in [0.25, 0.3) is 0 Å². The van der Waals surface area contributed by atoms with Crippen LogP contribution in [0, 0.1) is 0 Å². The molecule has 0 unspecified atom stereocenters. The molecule has 68 valence electrons. The van der Waals surface area contributed by atoms with Crippen molar-refractivity contribution in [2.75, 3.05) is 20.1 Å². The lowest BCUT2D eigenvalue weighted by Gasteiger charge is -2.28. The van der Waals surface area contributed by atoms with Crippen LogP contribution in [0.5, 0.6) is 0 Å². The molecule has 5 heteroatoms. The number of ether oxygens (including phenoxy) is 2. The van der Waals surface area contributed by atoms with Crippen LogP contribution in [0.1, 0.15) is 12.8 Å². The van der Waals surface area contributed by atoms with Crippen molar-refractivity contribution in [3.8, 4) is 0 Å². The van der Waals surface area contributed by atoms with Crippen LogP contribution in [-0.2, 0) is 9.47 Å². The zero-order valence-corrected chi connectivity index (χ0v) is 10.0. The minimum absolute atomic E-state index is 0.405. The highest BCUT2D eigenvalue weighted by atomic mass is 35.5. The Labute approximate surface area is 80.5 Å². The summed E-state index contributed by atoms with van der Waals surface area (Å²) in [5.41, 5.74) is -0.405. The molecular weight excluding hydrogens is 200 g/mol.